The molecule has 0 atom stereocenters. The van der Waals surface area contributed by atoms with Crippen molar-refractivity contribution in [1.29, 1.82) is 5.26 Å². The first kappa shape index (κ1) is 24.7. The maximum atomic E-state index is 12.1. The second-order valence-corrected chi connectivity index (χ2v) is 8.26. The number of nitriles is 1. The number of hydrogen-bond acceptors (Lipinski definition) is 7. The van der Waals surface area contributed by atoms with Gasteiger partial charge in [-0.25, -0.2) is 10.4 Å². The van der Waals surface area contributed by atoms with Crippen LogP contribution in [0.4, 0.5) is 0 Å². The lowest BCUT2D eigenvalue weighted by molar-refractivity contribution is -0.123. The van der Waals surface area contributed by atoms with E-state index in [0.29, 0.717) is 42.9 Å². The number of nitrogens with zero attached hydrogens (tertiary/aromatic N) is 3. The van der Waals surface area contributed by atoms with Gasteiger partial charge in [-0.3, -0.25) is 4.79 Å². The van der Waals surface area contributed by atoms with Crippen molar-refractivity contribution >= 4 is 51.3 Å². The fourth-order valence-electron chi connectivity index (χ4n) is 2.80. The van der Waals surface area contributed by atoms with Gasteiger partial charge in [0.1, 0.15) is 23.2 Å². The molecule has 0 aliphatic heterocycles. The summed E-state index contributed by atoms with van der Waals surface area (Å²) in [6, 6.07) is 10.5. The number of carbonyl (C=O) groups excluding carboxylic acids is 1. The zero-order valence-electron chi connectivity index (χ0n) is 17.5. The van der Waals surface area contributed by atoms with Crippen LogP contribution in [0.2, 0.25) is 10.0 Å². The molecule has 2 aromatic heterocycles. The molecule has 8 nitrogen and oxygen atoms in total. The lowest BCUT2D eigenvalue weighted by atomic mass is 10.1. The highest BCUT2D eigenvalue weighted by atomic mass is 79.9. The Labute approximate surface area is 208 Å². The topological polar surface area (TPSA) is 110 Å². The van der Waals surface area contributed by atoms with Gasteiger partial charge >= 0.3 is 0 Å². The Kier molecular flexibility index (Phi) is 8.47. The first-order valence-corrected chi connectivity index (χ1v) is 11.0. The molecule has 0 unspecified atom stereocenters. The van der Waals surface area contributed by atoms with Crippen molar-refractivity contribution in [1.82, 2.24) is 10.4 Å². The van der Waals surface area contributed by atoms with Crippen LogP contribution in [-0.2, 0) is 16.1 Å². The number of pyridine rings is 1. The highest BCUT2D eigenvalue weighted by molar-refractivity contribution is 9.10. The van der Waals surface area contributed by atoms with Crippen molar-refractivity contribution in [2.75, 3.05) is 13.7 Å². The van der Waals surface area contributed by atoms with Gasteiger partial charge in [0.05, 0.1) is 23.5 Å². The quantitative estimate of drug-likeness (QED) is 0.302. The molecule has 2 heterocycles. The predicted octanol–water partition coefficient (Wildman–Crippen LogP) is 5.27. The van der Waals surface area contributed by atoms with Gasteiger partial charge < -0.3 is 13.9 Å². The van der Waals surface area contributed by atoms with E-state index in [2.05, 4.69) is 31.4 Å². The molecule has 11 heteroatoms. The standard InChI is InChI=1S/C22H17BrCl2N4O4/c1-12-21(23)17(10-31-2)16(8-26)22(28-12)32-11-20(30)29-27-9-14-4-6-19(33-14)15-5-3-13(24)7-18(15)25/h3-7,9H,10-11H2,1-2H3,(H,29,30)/b27-9+. The summed E-state index contributed by atoms with van der Waals surface area (Å²) in [5, 5.41) is 14.3. The van der Waals surface area contributed by atoms with Crippen LogP contribution in [-0.4, -0.2) is 30.8 Å². The molecule has 0 fully saturated rings. The number of methoxy groups -OCH3 is 1. The van der Waals surface area contributed by atoms with Gasteiger partial charge in [-0.05, 0) is 53.2 Å². The molecular weight excluding hydrogens is 535 g/mol. The number of benzene rings is 1. The van der Waals surface area contributed by atoms with Crippen LogP contribution < -0.4 is 10.2 Å². The predicted molar refractivity (Wildman–Crippen MR) is 127 cm³/mol. The second-order valence-electron chi connectivity index (χ2n) is 6.62. The van der Waals surface area contributed by atoms with E-state index < -0.39 is 12.5 Å². The fourth-order valence-corrected chi connectivity index (χ4v) is 3.71. The molecule has 170 valence electrons. The summed E-state index contributed by atoms with van der Waals surface area (Å²) in [4.78, 5) is 16.3. The number of furan rings is 1. The van der Waals surface area contributed by atoms with Gasteiger partial charge in [-0.15, -0.1) is 0 Å². The van der Waals surface area contributed by atoms with E-state index in [1.807, 2.05) is 6.07 Å². The van der Waals surface area contributed by atoms with Crippen LogP contribution in [0.3, 0.4) is 0 Å². The molecule has 0 bridgehead atoms. The number of amides is 1. The van der Waals surface area contributed by atoms with Crippen molar-refractivity contribution in [2.45, 2.75) is 13.5 Å². The van der Waals surface area contributed by atoms with Crippen molar-refractivity contribution in [3.8, 4) is 23.3 Å². The molecule has 0 aliphatic carbocycles. The Morgan fingerprint density at radius 3 is 2.85 bits per heavy atom. The van der Waals surface area contributed by atoms with E-state index in [1.54, 1.807) is 37.3 Å². The molecular formula is C22H17BrCl2N4O4. The highest BCUT2D eigenvalue weighted by Crippen LogP contribution is 2.31. The highest BCUT2D eigenvalue weighted by Gasteiger charge is 2.18. The maximum absolute atomic E-state index is 12.1. The van der Waals surface area contributed by atoms with E-state index in [-0.39, 0.29) is 18.1 Å². The largest absolute Gasteiger partial charge is 0.467 e. The van der Waals surface area contributed by atoms with E-state index in [0.717, 1.165) is 0 Å². The number of aromatic nitrogens is 1. The minimum absolute atomic E-state index is 0.0416. The molecule has 1 N–H and O–H groups in total. The van der Waals surface area contributed by atoms with Gasteiger partial charge in [0.25, 0.3) is 5.91 Å². The number of nitrogens with one attached hydrogen (secondary N) is 1. The first-order chi connectivity index (χ1) is 15.8. The second kappa shape index (κ2) is 11.3. The Bertz CT molecular complexity index is 1250. The molecule has 1 amide bonds. The third-order valence-electron chi connectivity index (χ3n) is 4.31. The Balaban J connectivity index is 1.62. The summed E-state index contributed by atoms with van der Waals surface area (Å²) in [5.74, 6) is 0.428. The summed E-state index contributed by atoms with van der Waals surface area (Å²) in [5.41, 5.74) is 4.39. The van der Waals surface area contributed by atoms with Crippen LogP contribution in [0, 0.1) is 18.3 Å². The summed E-state index contributed by atoms with van der Waals surface area (Å²) in [7, 11) is 1.52. The Morgan fingerprint density at radius 2 is 2.15 bits per heavy atom. The number of hydrogen-bond donors (Lipinski definition) is 1. The minimum Gasteiger partial charge on any atom is -0.467 e. The Hall–Kier alpha value is -2.90. The lowest BCUT2D eigenvalue weighted by Crippen LogP contribution is -2.25. The van der Waals surface area contributed by atoms with E-state index in [4.69, 9.17) is 37.1 Å². The van der Waals surface area contributed by atoms with Crippen LogP contribution >= 0.6 is 39.1 Å². The maximum Gasteiger partial charge on any atom is 0.278 e. The fraction of sp³-hybridized carbons (Fsp3) is 0.182. The van der Waals surface area contributed by atoms with Crippen molar-refractivity contribution in [2.24, 2.45) is 5.10 Å². The van der Waals surface area contributed by atoms with Crippen molar-refractivity contribution < 1.29 is 18.7 Å². The molecule has 0 spiro atoms. The Morgan fingerprint density at radius 1 is 1.36 bits per heavy atom. The molecule has 33 heavy (non-hydrogen) atoms. The zero-order chi connectivity index (χ0) is 24.0. The van der Waals surface area contributed by atoms with E-state index in [1.165, 1.54) is 13.3 Å². The van der Waals surface area contributed by atoms with E-state index >= 15 is 0 Å². The number of rotatable bonds is 8. The smallest absolute Gasteiger partial charge is 0.278 e. The lowest BCUT2D eigenvalue weighted by Gasteiger charge is -2.13. The summed E-state index contributed by atoms with van der Waals surface area (Å²) in [6.45, 7) is 1.54. The van der Waals surface area contributed by atoms with Crippen LogP contribution in [0.25, 0.3) is 11.3 Å². The normalized spacial score (nSPS) is 10.9. The molecule has 3 aromatic rings. The van der Waals surface area contributed by atoms with Gasteiger partial charge in [0.2, 0.25) is 5.88 Å². The van der Waals surface area contributed by atoms with Gasteiger partial charge in [0.15, 0.2) is 6.61 Å². The third-order valence-corrected chi connectivity index (χ3v) is 5.91. The minimum atomic E-state index is -0.543. The summed E-state index contributed by atoms with van der Waals surface area (Å²) < 4.78 is 16.9. The van der Waals surface area contributed by atoms with Gasteiger partial charge in [-0.1, -0.05) is 23.2 Å². The van der Waals surface area contributed by atoms with Crippen molar-refractivity contribution in [3.63, 3.8) is 0 Å². The summed E-state index contributed by atoms with van der Waals surface area (Å²) >= 11 is 15.5. The third kappa shape index (κ3) is 6.12. The molecule has 0 radical (unpaired) electrons. The van der Waals surface area contributed by atoms with Crippen LogP contribution in [0.5, 0.6) is 5.88 Å². The van der Waals surface area contributed by atoms with Crippen molar-refractivity contribution in [3.05, 3.63) is 67.4 Å². The van der Waals surface area contributed by atoms with E-state index in [9.17, 15) is 10.1 Å². The molecule has 3 rings (SSSR count). The van der Waals surface area contributed by atoms with Gasteiger partial charge in [-0.2, -0.15) is 10.4 Å². The molecule has 1 aromatic carbocycles. The zero-order valence-corrected chi connectivity index (χ0v) is 20.6. The average molecular weight is 552 g/mol. The number of hydrazone groups is 1. The molecule has 0 saturated carbocycles. The number of aryl methyl sites for hydroxylation is 1. The molecule has 0 saturated heterocycles. The molecule has 0 aliphatic rings. The number of carbonyl (C=O) groups is 1. The SMILES string of the molecule is COCc1c(Br)c(C)nc(OCC(=O)N/N=C/c2ccc(-c3ccc(Cl)cc3Cl)o2)c1C#N. The average Bonchev–Trinajstić information content (AvgIpc) is 3.24. The van der Waals surface area contributed by atoms with Crippen LogP contribution in [0.1, 0.15) is 22.6 Å². The van der Waals surface area contributed by atoms with Crippen LogP contribution in [0.15, 0.2) is 44.3 Å². The number of ether oxygens (including phenoxy) is 2. The monoisotopic (exact) mass is 550 g/mol. The summed E-state index contributed by atoms with van der Waals surface area (Å²) in [6.07, 6.45) is 1.34. The first-order valence-electron chi connectivity index (χ1n) is 9.42. The van der Waals surface area contributed by atoms with Gasteiger partial charge in [0, 0.05) is 27.7 Å². The number of halogens is 3.